The molecule has 0 heterocycles. The van der Waals surface area contributed by atoms with Gasteiger partial charge in [0.15, 0.2) is 0 Å². The summed E-state index contributed by atoms with van der Waals surface area (Å²) in [5, 5.41) is 10.9. The fourth-order valence-corrected chi connectivity index (χ4v) is 3.13. The summed E-state index contributed by atoms with van der Waals surface area (Å²) in [5.41, 5.74) is 2.98. The Balaban J connectivity index is 2.40. The van der Waals surface area contributed by atoms with Gasteiger partial charge in [-0.15, -0.1) is 0 Å². The summed E-state index contributed by atoms with van der Waals surface area (Å²) in [6.45, 7) is 1.85. The summed E-state index contributed by atoms with van der Waals surface area (Å²) >= 11 is 3.61. The SMILES string of the molecule is C[C@@]1(O)c2ccccc2C=C(Br)c2ccccc21. The molecule has 0 aromatic heterocycles. The van der Waals surface area contributed by atoms with Gasteiger partial charge in [0.05, 0.1) is 0 Å². The molecule has 1 nitrogen and oxygen atoms in total. The molecule has 90 valence electrons. The summed E-state index contributed by atoms with van der Waals surface area (Å²) in [6.07, 6.45) is 2.07. The van der Waals surface area contributed by atoms with E-state index in [0.717, 1.165) is 26.7 Å². The molecular formula is C16H13BrO. The zero-order valence-electron chi connectivity index (χ0n) is 10.0. The maximum Gasteiger partial charge on any atom is 0.113 e. The fourth-order valence-electron chi connectivity index (χ4n) is 2.54. The highest BCUT2D eigenvalue weighted by atomic mass is 79.9. The van der Waals surface area contributed by atoms with Gasteiger partial charge in [-0.25, -0.2) is 0 Å². The summed E-state index contributed by atoms with van der Waals surface area (Å²) in [4.78, 5) is 0. The summed E-state index contributed by atoms with van der Waals surface area (Å²) in [5.74, 6) is 0. The van der Waals surface area contributed by atoms with Crippen LogP contribution in [0.4, 0.5) is 0 Å². The average molecular weight is 301 g/mol. The molecule has 18 heavy (non-hydrogen) atoms. The first kappa shape index (κ1) is 11.7. The largest absolute Gasteiger partial charge is 0.381 e. The van der Waals surface area contributed by atoms with Crippen molar-refractivity contribution in [2.24, 2.45) is 0 Å². The van der Waals surface area contributed by atoms with E-state index in [1.54, 1.807) is 0 Å². The Bertz CT molecular complexity index is 641. The second-order valence-corrected chi connectivity index (χ2v) is 5.55. The van der Waals surface area contributed by atoms with Crippen LogP contribution in [0, 0.1) is 0 Å². The van der Waals surface area contributed by atoms with Crippen LogP contribution in [-0.2, 0) is 5.60 Å². The van der Waals surface area contributed by atoms with Crippen molar-refractivity contribution in [1.82, 2.24) is 0 Å². The van der Waals surface area contributed by atoms with Gasteiger partial charge in [-0.2, -0.15) is 0 Å². The van der Waals surface area contributed by atoms with Gasteiger partial charge in [-0.3, -0.25) is 0 Å². The number of hydrogen-bond acceptors (Lipinski definition) is 1. The fraction of sp³-hybridized carbons (Fsp3) is 0.125. The van der Waals surface area contributed by atoms with Crippen molar-refractivity contribution in [2.75, 3.05) is 0 Å². The molecule has 0 aliphatic heterocycles. The van der Waals surface area contributed by atoms with Crippen molar-refractivity contribution in [2.45, 2.75) is 12.5 Å². The zero-order valence-corrected chi connectivity index (χ0v) is 11.6. The highest BCUT2D eigenvalue weighted by molar-refractivity contribution is 9.15. The van der Waals surface area contributed by atoms with E-state index < -0.39 is 5.60 Å². The van der Waals surface area contributed by atoms with Crippen LogP contribution in [0.5, 0.6) is 0 Å². The van der Waals surface area contributed by atoms with Gasteiger partial charge in [0.2, 0.25) is 0 Å². The molecule has 0 spiro atoms. The minimum atomic E-state index is -0.973. The molecule has 0 amide bonds. The van der Waals surface area contributed by atoms with Gasteiger partial charge in [-0.05, 0) is 35.3 Å². The van der Waals surface area contributed by atoms with Crippen LogP contribution in [0.15, 0.2) is 48.5 Å². The lowest BCUT2D eigenvalue weighted by Gasteiger charge is -2.26. The summed E-state index contributed by atoms with van der Waals surface area (Å²) in [7, 11) is 0. The van der Waals surface area contributed by atoms with Crippen molar-refractivity contribution in [1.29, 1.82) is 0 Å². The lowest BCUT2D eigenvalue weighted by atomic mass is 9.85. The quantitative estimate of drug-likeness (QED) is 0.775. The van der Waals surface area contributed by atoms with Crippen LogP contribution in [-0.4, -0.2) is 5.11 Å². The van der Waals surface area contributed by atoms with Gasteiger partial charge >= 0.3 is 0 Å². The molecule has 0 unspecified atom stereocenters. The van der Waals surface area contributed by atoms with Crippen LogP contribution in [0.25, 0.3) is 10.6 Å². The molecule has 3 rings (SSSR count). The monoisotopic (exact) mass is 300 g/mol. The van der Waals surface area contributed by atoms with E-state index in [1.165, 1.54) is 0 Å². The maximum atomic E-state index is 10.9. The average Bonchev–Trinajstić information content (AvgIpc) is 2.46. The van der Waals surface area contributed by atoms with E-state index >= 15 is 0 Å². The first-order chi connectivity index (χ1) is 8.60. The van der Waals surface area contributed by atoms with Crippen molar-refractivity contribution < 1.29 is 5.11 Å². The lowest BCUT2D eigenvalue weighted by molar-refractivity contribution is 0.102. The number of halogens is 1. The minimum Gasteiger partial charge on any atom is -0.381 e. The van der Waals surface area contributed by atoms with E-state index in [9.17, 15) is 5.11 Å². The third-order valence-corrected chi connectivity index (χ3v) is 4.13. The normalized spacial score (nSPS) is 21.6. The molecule has 2 heteroatoms. The highest BCUT2D eigenvalue weighted by Gasteiger charge is 2.32. The Hall–Kier alpha value is -1.38. The maximum absolute atomic E-state index is 10.9. The molecule has 1 atom stereocenters. The first-order valence-electron chi connectivity index (χ1n) is 5.89. The van der Waals surface area contributed by atoms with Crippen molar-refractivity contribution in [3.05, 3.63) is 70.8 Å². The van der Waals surface area contributed by atoms with Crippen LogP contribution in [0.3, 0.4) is 0 Å². The molecule has 2 aromatic rings. The van der Waals surface area contributed by atoms with Gasteiger partial charge in [0, 0.05) is 4.48 Å². The van der Waals surface area contributed by atoms with E-state index in [2.05, 4.69) is 22.0 Å². The highest BCUT2D eigenvalue weighted by Crippen LogP contribution is 2.41. The Morgan fingerprint density at radius 3 is 2.33 bits per heavy atom. The number of rotatable bonds is 0. The van der Waals surface area contributed by atoms with E-state index in [-0.39, 0.29) is 0 Å². The molecule has 1 aliphatic rings. The number of aliphatic hydroxyl groups is 1. The molecule has 0 bridgehead atoms. The van der Waals surface area contributed by atoms with E-state index in [4.69, 9.17) is 0 Å². The van der Waals surface area contributed by atoms with Crippen LogP contribution in [0.2, 0.25) is 0 Å². The minimum absolute atomic E-state index is 0.929. The molecule has 1 N–H and O–H groups in total. The third kappa shape index (κ3) is 1.64. The number of hydrogen-bond donors (Lipinski definition) is 1. The molecule has 0 radical (unpaired) electrons. The van der Waals surface area contributed by atoms with Crippen LogP contribution < -0.4 is 0 Å². The Labute approximate surface area is 115 Å². The first-order valence-corrected chi connectivity index (χ1v) is 6.69. The molecule has 0 saturated heterocycles. The summed E-state index contributed by atoms with van der Waals surface area (Å²) in [6, 6.07) is 15.9. The van der Waals surface area contributed by atoms with Gasteiger partial charge < -0.3 is 5.11 Å². The smallest absolute Gasteiger partial charge is 0.113 e. The third-order valence-electron chi connectivity index (χ3n) is 3.48. The molecular weight excluding hydrogens is 288 g/mol. The molecule has 2 aromatic carbocycles. The zero-order chi connectivity index (χ0) is 12.8. The number of fused-ring (bicyclic) bond motifs is 2. The molecule has 0 saturated carbocycles. The van der Waals surface area contributed by atoms with Crippen molar-refractivity contribution >= 4 is 26.5 Å². The van der Waals surface area contributed by atoms with E-state index in [1.807, 2.05) is 55.5 Å². The molecule has 0 fully saturated rings. The second-order valence-electron chi connectivity index (χ2n) is 4.70. The Kier molecular flexibility index (Phi) is 2.65. The predicted octanol–water partition coefficient (Wildman–Crippen LogP) is 4.15. The van der Waals surface area contributed by atoms with E-state index in [0.29, 0.717) is 0 Å². The van der Waals surface area contributed by atoms with Gasteiger partial charge in [-0.1, -0.05) is 64.5 Å². The van der Waals surface area contributed by atoms with Crippen molar-refractivity contribution in [3.63, 3.8) is 0 Å². The van der Waals surface area contributed by atoms with Gasteiger partial charge in [0.25, 0.3) is 0 Å². The summed E-state index contributed by atoms with van der Waals surface area (Å²) < 4.78 is 1.00. The second kappa shape index (κ2) is 4.08. The Morgan fingerprint density at radius 2 is 1.56 bits per heavy atom. The predicted molar refractivity (Wildman–Crippen MR) is 78.4 cm³/mol. The van der Waals surface area contributed by atoms with Crippen molar-refractivity contribution in [3.8, 4) is 0 Å². The number of benzene rings is 2. The topological polar surface area (TPSA) is 20.2 Å². The van der Waals surface area contributed by atoms with Gasteiger partial charge in [0.1, 0.15) is 5.60 Å². The molecule has 1 aliphatic carbocycles. The standard InChI is InChI=1S/C16H13BrO/c1-16(18)13-8-4-2-6-11(13)10-15(17)12-7-3-5-9-14(12)16/h2-10,18H,1H3/t16-/m1/s1. The van der Waals surface area contributed by atoms with Crippen LogP contribution in [0.1, 0.15) is 29.2 Å². The Morgan fingerprint density at radius 1 is 0.944 bits per heavy atom. The lowest BCUT2D eigenvalue weighted by Crippen LogP contribution is -2.24. The van der Waals surface area contributed by atoms with Crippen LogP contribution >= 0.6 is 15.9 Å².